The lowest BCUT2D eigenvalue weighted by atomic mass is 10.1. The maximum atomic E-state index is 13.5. The van der Waals surface area contributed by atoms with Gasteiger partial charge in [-0.15, -0.1) is 11.3 Å². The molecule has 0 radical (unpaired) electrons. The quantitative estimate of drug-likeness (QED) is 0.435. The predicted octanol–water partition coefficient (Wildman–Crippen LogP) is 5.68. The molecule has 0 saturated carbocycles. The minimum Gasteiger partial charge on any atom is -0.495 e. The fourth-order valence-corrected chi connectivity index (χ4v) is 3.92. The lowest BCUT2D eigenvalue weighted by Gasteiger charge is -2.17. The number of rotatable bonds is 7. The number of benzene rings is 2. The minimum absolute atomic E-state index is 0.0856. The van der Waals surface area contributed by atoms with Gasteiger partial charge in [-0.05, 0) is 30.7 Å². The smallest absolute Gasteiger partial charge is 0.353 e. The summed E-state index contributed by atoms with van der Waals surface area (Å²) in [5, 5.41) is -0.196. The van der Waals surface area contributed by atoms with Crippen molar-refractivity contribution >= 4 is 34.9 Å². The summed E-state index contributed by atoms with van der Waals surface area (Å²) in [4.78, 5) is 26.3. The molecule has 0 fully saturated rings. The summed E-state index contributed by atoms with van der Waals surface area (Å²) >= 11 is 7.00. The first-order chi connectivity index (χ1) is 14.4. The number of halogens is 2. The molecule has 3 rings (SSSR count). The molecule has 0 aliphatic carbocycles. The highest BCUT2D eigenvalue weighted by atomic mass is 35.5. The first-order valence-electron chi connectivity index (χ1n) is 9.00. The third-order valence-electron chi connectivity index (χ3n) is 4.13. The summed E-state index contributed by atoms with van der Waals surface area (Å²) in [5.41, 5.74) is 1.11. The maximum Gasteiger partial charge on any atom is 0.353 e. The molecule has 0 bridgehead atoms. The largest absolute Gasteiger partial charge is 0.495 e. The first-order valence-corrected chi connectivity index (χ1v) is 10.2. The second-order valence-corrected chi connectivity index (χ2v) is 7.54. The van der Waals surface area contributed by atoms with Gasteiger partial charge in [-0.2, -0.15) is 0 Å². The second-order valence-electron chi connectivity index (χ2n) is 6.09. The van der Waals surface area contributed by atoms with E-state index in [0.717, 1.165) is 16.5 Å². The molecular weight excluding hydrogens is 431 g/mol. The van der Waals surface area contributed by atoms with E-state index in [9.17, 15) is 14.0 Å². The summed E-state index contributed by atoms with van der Waals surface area (Å²) in [5.74, 6) is -1.88. The molecule has 2 aromatic carbocycles. The summed E-state index contributed by atoms with van der Waals surface area (Å²) in [6, 6.07) is 14.8. The Morgan fingerprint density at radius 3 is 2.50 bits per heavy atom. The topological polar surface area (TPSA) is 61.8 Å². The van der Waals surface area contributed by atoms with Crippen molar-refractivity contribution in [2.45, 2.75) is 13.0 Å². The lowest BCUT2D eigenvalue weighted by Crippen LogP contribution is -2.22. The standard InChI is InChI=1S/C22H18ClFO5S/c1-3-28-21(25)19(14-9-10-16(24)15(23)11-14)29-22(26)20-17(27-2)12-18(30-20)13-7-5-4-6-8-13/h4-12,19H,3H2,1-2H3. The van der Waals surface area contributed by atoms with Crippen LogP contribution >= 0.6 is 22.9 Å². The second kappa shape index (κ2) is 9.73. The number of thiophene rings is 1. The van der Waals surface area contributed by atoms with E-state index in [1.807, 2.05) is 30.3 Å². The van der Waals surface area contributed by atoms with E-state index >= 15 is 0 Å². The summed E-state index contributed by atoms with van der Waals surface area (Å²) < 4.78 is 29.3. The van der Waals surface area contributed by atoms with Crippen molar-refractivity contribution in [2.24, 2.45) is 0 Å². The van der Waals surface area contributed by atoms with E-state index in [0.29, 0.717) is 5.75 Å². The number of methoxy groups -OCH3 is 1. The Kier molecular flexibility index (Phi) is 7.07. The molecule has 3 aromatic rings. The Morgan fingerprint density at radius 1 is 1.13 bits per heavy atom. The number of carbonyl (C=O) groups is 2. The zero-order valence-electron chi connectivity index (χ0n) is 16.2. The van der Waals surface area contributed by atoms with Crippen molar-refractivity contribution in [3.8, 4) is 16.2 Å². The Bertz CT molecular complexity index is 1050. The minimum atomic E-state index is -1.40. The maximum absolute atomic E-state index is 13.5. The molecule has 0 amide bonds. The van der Waals surface area contributed by atoms with Gasteiger partial charge in [0.25, 0.3) is 0 Å². The summed E-state index contributed by atoms with van der Waals surface area (Å²) in [6.07, 6.45) is -1.40. The molecule has 5 nitrogen and oxygen atoms in total. The summed E-state index contributed by atoms with van der Waals surface area (Å²) in [6.45, 7) is 1.71. The van der Waals surface area contributed by atoms with Crippen LogP contribution in [0.4, 0.5) is 4.39 Å². The highest BCUT2D eigenvalue weighted by Gasteiger charge is 2.30. The molecule has 0 N–H and O–H groups in total. The van der Waals surface area contributed by atoms with Crippen molar-refractivity contribution in [1.29, 1.82) is 0 Å². The fraction of sp³-hybridized carbons (Fsp3) is 0.182. The zero-order chi connectivity index (χ0) is 21.7. The van der Waals surface area contributed by atoms with Crippen LogP contribution in [-0.2, 0) is 14.3 Å². The number of carbonyl (C=O) groups excluding carboxylic acids is 2. The Morgan fingerprint density at radius 2 is 1.87 bits per heavy atom. The zero-order valence-corrected chi connectivity index (χ0v) is 17.8. The van der Waals surface area contributed by atoms with Crippen LogP contribution in [0, 0.1) is 5.82 Å². The highest BCUT2D eigenvalue weighted by molar-refractivity contribution is 7.17. The van der Waals surface area contributed by atoms with Crippen molar-refractivity contribution < 1.29 is 28.2 Å². The van der Waals surface area contributed by atoms with Crippen molar-refractivity contribution in [3.05, 3.63) is 75.9 Å². The van der Waals surface area contributed by atoms with Crippen LogP contribution in [0.2, 0.25) is 5.02 Å². The molecule has 1 atom stereocenters. The highest BCUT2D eigenvalue weighted by Crippen LogP contribution is 2.37. The number of esters is 2. The SMILES string of the molecule is CCOC(=O)C(OC(=O)c1sc(-c2ccccc2)cc1OC)c1ccc(F)c(Cl)c1. The van der Waals surface area contributed by atoms with Crippen LogP contribution in [0.3, 0.4) is 0 Å². The van der Waals surface area contributed by atoms with Crippen LogP contribution in [0.5, 0.6) is 5.75 Å². The van der Waals surface area contributed by atoms with E-state index in [-0.39, 0.29) is 22.1 Å². The van der Waals surface area contributed by atoms with Crippen LogP contribution in [0.1, 0.15) is 28.3 Å². The summed E-state index contributed by atoms with van der Waals surface area (Å²) in [7, 11) is 1.44. The Hall–Kier alpha value is -2.90. The van der Waals surface area contributed by atoms with Gasteiger partial charge in [-0.25, -0.2) is 14.0 Å². The fourth-order valence-electron chi connectivity index (χ4n) is 2.72. The van der Waals surface area contributed by atoms with E-state index in [1.54, 1.807) is 13.0 Å². The van der Waals surface area contributed by atoms with Crippen molar-refractivity contribution in [1.82, 2.24) is 0 Å². The Balaban J connectivity index is 1.93. The molecule has 1 unspecified atom stereocenters. The first kappa shape index (κ1) is 21.8. The molecule has 156 valence electrons. The van der Waals surface area contributed by atoms with Crippen LogP contribution in [0.15, 0.2) is 54.6 Å². The third-order valence-corrected chi connectivity index (χ3v) is 5.57. The molecule has 0 aliphatic rings. The normalized spacial score (nSPS) is 11.6. The van der Waals surface area contributed by atoms with E-state index in [4.69, 9.17) is 25.8 Å². The number of ether oxygens (including phenoxy) is 3. The molecule has 1 aromatic heterocycles. The van der Waals surface area contributed by atoms with Crippen molar-refractivity contribution in [2.75, 3.05) is 13.7 Å². The Labute approximate surface area is 182 Å². The third kappa shape index (κ3) is 4.80. The van der Waals surface area contributed by atoms with E-state index in [2.05, 4.69) is 0 Å². The predicted molar refractivity (Wildman–Crippen MR) is 113 cm³/mol. The number of hydrogen-bond acceptors (Lipinski definition) is 6. The molecular formula is C22H18ClFO5S. The van der Waals surface area contributed by atoms with E-state index < -0.39 is 23.9 Å². The molecule has 0 aliphatic heterocycles. The molecule has 0 spiro atoms. The van der Waals surface area contributed by atoms with Gasteiger partial charge in [0.15, 0.2) is 4.88 Å². The molecule has 1 heterocycles. The van der Waals surface area contributed by atoms with Crippen LogP contribution in [0.25, 0.3) is 10.4 Å². The van der Waals surface area contributed by atoms with Gasteiger partial charge in [-0.1, -0.05) is 48.0 Å². The van der Waals surface area contributed by atoms with Gasteiger partial charge in [0.2, 0.25) is 6.10 Å². The monoisotopic (exact) mass is 448 g/mol. The average molecular weight is 449 g/mol. The average Bonchev–Trinajstić information content (AvgIpc) is 3.19. The van der Waals surface area contributed by atoms with Crippen molar-refractivity contribution in [3.63, 3.8) is 0 Å². The van der Waals surface area contributed by atoms with Gasteiger partial charge in [-0.3, -0.25) is 0 Å². The van der Waals surface area contributed by atoms with E-state index in [1.165, 1.54) is 30.6 Å². The van der Waals surface area contributed by atoms with Gasteiger partial charge in [0.1, 0.15) is 11.6 Å². The van der Waals surface area contributed by atoms with Gasteiger partial charge >= 0.3 is 11.9 Å². The lowest BCUT2D eigenvalue weighted by molar-refractivity contribution is -0.153. The van der Waals surface area contributed by atoms with Gasteiger partial charge in [0.05, 0.1) is 18.7 Å². The molecule has 0 saturated heterocycles. The molecule has 30 heavy (non-hydrogen) atoms. The van der Waals surface area contributed by atoms with Crippen LogP contribution < -0.4 is 4.74 Å². The van der Waals surface area contributed by atoms with Crippen LogP contribution in [-0.4, -0.2) is 25.7 Å². The van der Waals surface area contributed by atoms with Gasteiger partial charge in [0, 0.05) is 10.4 Å². The molecule has 8 heteroatoms. The number of hydrogen-bond donors (Lipinski definition) is 0. The van der Waals surface area contributed by atoms with Gasteiger partial charge < -0.3 is 14.2 Å².